The second kappa shape index (κ2) is 6.32. The van der Waals surface area contributed by atoms with Crippen LogP contribution in [0, 0.1) is 0 Å². The summed E-state index contributed by atoms with van der Waals surface area (Å²) in [5.74, 6) is 0.857. The fraction of sp³-hybridized carbons (Fsp3) is 0.316. The number of aliphatic imine (C=N–C) groups is 1. The van der Waals surface area contributed by atoms with Gasteiger partial charge in [0.15, 0.2) is 0 Å². The van der Waals surface area contributed by atoms with Gasteiger partial charge < -0.3 is 14.7 Å². The van der Waals surface area contributed by atoms with Gasteiger partial charge in [0.2, 0.25) is 0 Å². The molecule has 3 heterocycles. The number of aromatic amines is 2. The summed E-state index contributed by atoms with van der Waals surface area (Å²) in [6, 6.07) is 6.06. The summed E-state index contributed by atoms with van der Waals surface area (Å²) in [4.78, 5) is 11.4. The maximum Gasteiger partial charge on any atom is 0.144 e. The van der Waals surface area contributed by atoms with Crippen LogP contribution in [0.5, 0.6) is 5.75 Å². The van der Waals surface area contributed by atoms with Crippen molar-refractivity contribution in [1.82, 2.24) is 9.97 Å². The maximum absolute atomic E-state index is 5.79. The van der Waals surface area contributed by atoms with Crippen LogP contribution in [0.15, 0.2) is 46.2 Å². The molecule has 0 amide bonds. The molecule has 120 valence electrons. The van der Waals surface area contributed by atoms with Crippen molar-refractivity contribution in [3.8, 4) is 17.1 Å². The molecule has 1 aliphatic rings. The number of rotatable bonds is 5. The fourth-order valence-corrected chi connectivity index (χ4v) is 3.03. The smallest absolute Gasteiger partial charge is 0.144 e. The van der Waals surface area contributed by atoms with Crippen LogP contribution >= 0.6 is 0 Å². The molecule has 2 N–H and O–H groups in total. The molecule has 2 aromatic heterocycles. The first-order chi connectivity index (χ1) is 11.1. The summed E-state index contributed by atoms with van der Waals surface area (Å²) in [6.45, 7) is 9.02. The van der Waals surface area contributed by atoms with Crippen molar-refractivity contribution in [2.45, 2.75) is 34.1 Å². The molecule has 0 aromatic carbocycles. The predicted octanol–water partition coefficient (Wildman–Crippen LogP) is 4.95. The molecule has 4 nitrogen and oxygen atoms in total. The number of H-pyrrole nitrogens is 2. The topological polar surface area (TPSA) is 53.2 Å². The lowest BCUT2D eigenvalue weighted by molar-refractivity contribution is 0.340. The van der Waals surface area contributed by atoms with E-state index in [1.54, 1.807) is 0 Å². The zero-order valence-electron chi connectivity index (χ0n) is 14.2. The quantitative estimate of drug-likeness (QED) is 0.806. The molecule has 0 bridgehead atoms. The van der Waals surface area contributed by atoms with Crippen LogP contribution in [0.4, 0.5) is 0 Å². The van der Waals surface area contributed by atoms with Crippen molar-refractivity contribution < 1.29 is 4.74 Å². The first-order valence-corrected chi connectivity index (χ1v) is 8.11. The highest BCUT2D eigenvalue weighted by Crippen LogP contribution is 2.33. The maximum atomic E-state index is 5.79. The van der Waals surface area contributed by atoms with Crippen LogP contribution in [0.25, 0.3) is 17.5 Å². The van der Waals surface area contributed by atoms with Gasteiger partial charge in [0, 0.05) is 18.0 Å². The number of hydrogen-bond acceptors (Lipinski definition) is 2. The third-order valence-electron chi connectivity index (χ3n) is 4.19. The largest absolute Gasteiger partial charge is 0.492 e. The molecule has 0 fully saturated rings. The Hall–Kier alpha value is -2.49. The van der Waals surface area contributed by atoms with E-state index in [9.17, 15) is 0 Å². The number of aromatic nitrogens is 2. The molecular weight excluding hydrogens is 286 g/mol. The van der Waals surface area contributed by atoms with Crippen LogP contribution in [-0.2, 0) is 0 Å². The Morgan fingerprint density at radius 1 is 1.22 bits per heavy atom. The van der Waals surface area contributed by atoms with Crippen LogP contribution in [-0.4, -0.2) is 22.3 Å². The van der Waals surface area contributed by atoms with Gasteiger partial charge in [0.25, 0.3) is 0 Å². The van der Waals surface area contributed by atoms with Gasteiger partial charge in [-0.1, -0.05) is 6.92 Å². The molecule has 4 heteroatoms. The zero-order chi connectivity index (χ0) is 16.4. The van der Waals surface area contributed by atoms with Gasteiger partial charge in [-0.3, -0.25) is 4.99 Å². The first-order valence-electron chi connectivity index (χ1n) is 8.11. The molecule has 0 radical (unpaired) electrons. The minimum atomic E-state index is 0.634. The Morgan fingerprint density at radius 3 is 2.65 bits per heavy atom. The Balaban J connectivity index is 2.03. The summed E-state index contributed by atoms with van der Waals surface area (Å²) in [6.07, 6.45) is 5.01. The van der Waals surface area contributed by atoms with Crippen LogP contribution in [0.3, 0.4) is 0 Å². The highest BCUT2D eigenvalue weighted by molar-refractivity contribution is 6.03. The number of nitrogens with one attached hydrogen (secondary N) is 2. The monoisotopic (exact) mass is 309 g/mol. The van der Waals surface area contributed by atoms with E-state index in [0.29, 0.717) is 6.61 Å². The molecule has 2 aromatic rings. The van der Waals surface area contributed by atoms with Gasteiger partial charge in [-0.2, -0.15) is 0 Å². The lowest BCUT2D eigenvalue weighted by Crippen LogP contribution is -1.92. The number of ether oxygens (including phenoxy) is 1. The van der Waals surface area contributed by atoms with E-state index in [1.165, 1.54) is 11.1 Å². The fourth-order valence-electron chi connectivity index (χ4n) is 3.03. The SMILES string of the molecule is CCOc1cc(-c2ccc[nH]2)[nH]c1/C=C1\N=C(C)C(CC)=C1C. The number of nitrogens with zero attached hydrogens (tertiary/aromatic N) is 1. The van der Waals surface area contributed by atoms with E-state index < -0.39 is 0 Å². The van der Waals surface area contributed by atoms with Gasteiger partial charge >= 0.3 is 0 Å². The molecule has 0 spiro atoms. The Bertz CT molecular complexity index is 789. The Kier molecular flexibility index (Phi) is 4.24. The predicted molar refractivity (Wildman–Crippen MR) is 95.8 cm³/mol. The van der Waals surface area contributed by atoms with Crippen LogP contribution in [0.2, 0.25) is 0 Å². The van der Waals surface area contributed by atoms with Crippen molar-refractivity contribution in [1.29, 1.82) is 0 Å². The van der Waals surface area contributed by atoms with E-state index in [2.05, 4.69) is 36.8 Å². The second-order valence-electron chi connectivity index (χ2n) is 5.66. The van der Waals surface area contributed by atoms with E-state index in [-0.39, 0.29) is 0 Å². The van der Waals surface area contributed by atoms with Crippen molar-refractivity contribution in [2.75, 3.05) is 6.61 Å². The zero-order valence-corrected chi connectivity index (χ0v) is 14.2. The molecule has 0 saturated carbocycles. The van der Waals surface area contributed by atoms with E-state index >= 15 is 0 Å². The standard InChI is InChI=1S/C19H23N3O/c1-5-14-12(3)16(21-13(14)4)10-18-19(23-6-2)11-17(22-18)15-8-7-9-20-15/h7-11,20,22H,5-6H2,1-4H3/b16-10-. The summed E-state index contributed by atoms with van der Waals surface area (Å²) >= 11 is 0. The van der Waals surface area contributed by atoms with Gasteiger partial charge in [-0.25, -0.2) is 0 Å². The molecule has 0 atom stereocenters. The third-order valence-corrected chi connectivity index (χ3v) is 4.19. The molecule has 0 saturated heterocycles. The van der Waals surface area contributed by atoms with Gasteiger partial charge in [-0.15, -0.1) is 0 Å². The van der Waals surface area contributed by atoms with Crippen molar-refractivity contribution in [3.05, 3.63) is 46.9 Å². The summed E-state index contributed by atoms with van der Waals surface area (Å²) in [7, 11) is 0. The van der Waals surface area contributed by atoms with Crippen molar-refractivity contribution in [3.63, 3.8) is 0 Å². The third kappa shape index (κ3) is 2.89. The van der Waals surface area contributed by atoms with E-state index in [4.69, 9.17) is 9.73 Å². The lowest BCUT2D eigenvalue weighted by Gasteiger charge is -2.03. The normalized spacial score (nSPS) is 16.3. The van der Waals surface area contributed by atoms with Gasteiger partial charge in [-0.05, 0) is 56.5 Å². The molecule has 0 unspecified atom stereocenters. The highest BCUT2D eigenvalue weighted by atomic mass is 16.5. The first kappa shape index (κ1) is 15.4. The molecule has 1 aliphatic heterocycles. The Morgan fingerprint density at radius 2 is 2.04 bits per heavy atom. The Labute approximate surface area is 137 Å². The lowest BCUT2D eigenvalue weighted by atomic mass is 10.0. The average Bonchev–Trinajstić information content (AvgIpc) is 3.22. The van der Waals surface area contributed by atoms with E-state index in [0.717, 1.165) is 40.7 Å². The summed E-state index contributed by atoms with van der Waals surface area (Å²) in [5.41, 5.74) is 7.74. The minimum absolute atomic E-state index is 0.634. The van der Waals surface area contributed by atoms with Crippen molar-refractivity contribution in [2.24, 2.45) is 4.99 Å². The van der Waals surface area contributed by atoms with Gasteiger partial charge in [0.1, 0.15) is 5.75 Å². The molecule has 23 heavy (non-hydrogen) atoms. The van der Waals surface area contributed by atoms with Crippen molar-refractivity contribution >= 4 is 11.8 Å². The second-order valence-corrected chi connectivity index (χ2v) is 5.66. The molecule has 3 rings (SSSR count). The van der Waals surface area contributed by atoms with Gasteiger partial charge in [0.05, 0.1) is 29.4 Å². The van der Waals surface area contributed by atoms with Crippen LogP contribution in [0.1, 0.15) is 39.8 Å². The highest BCUT2D eigenvalue weighted by Gasteiger charge is 2.17. The molecular formula is C19H23N3O. The minimum Gasteiger partial charge on any atom is -0.492 e. The number of hydrogen-bond donors (Lipinski definition) is 2. The van der Waals surface area contributed by atoms with E-state index in [1.807, 2.05) is 31.3 Å². The van der Waals surface area contributed by atoms with Crippen LogP contribution < -0.4 is 4.74 Å². The molecule has 0 aliphatic carbocycles. The number of allylic oxidation sites excluding steroid dienone is 2. The summed E-state index contributed by atoms with van der Waals surface area (Å²) < 4.78 is 5.79. The average molecular weight is 309 g/mol. The summed E-state index contributed by atoms with van der Waals surface area (Å²) in [5, 5.41) is 0.